The fourth-order valence-corrected chi connectivity index (χ4v) is 3.49. The number of Topliss-reactive ketones (excluding diaryl/α,β-unsaturated/α-hetero) is 1. The molecule has 1 atom stereocenters. The normalized spacial score (nSPS) is 11.7. The Kier molecular flexibility index (Phi) is 6.86. The molecule has 0 radical (unpaired) electrons. The SMILES string of the molecule is O=C(Cl)CC(C(=O)c1ccc(Cl)cc1)c1ccccc1C(=O)c1ccc(Cl)cc1. The van der Waals surface area contributed by atoms with Crippen molar-refractivity contribution in [1.82, 2.24) is 0 Å². The minimum Gasteiger partial charge on any atom is -0.293 e. The van der Waals surface area contributed by atoms with Crippen LogP contribution in [0, 0.1) is 0 Å². The number of carbonyl (C=O) groups excluding carboxylic acids is 3. The molecule has 0 saturated heterocycles. The highest BCUT2D eigenvalue weighted by Gasteiger charge is 2.28. The van der Waals surface area contributed by atoms with Gasteiger partial charge in [-0.15, -0.1) is 0 Å². The number of carbonyl (C=O) groups is 3. The third kappa shape index (κ3) is 5.13. The second kappa shape index (κ2) is 9.36. The number of ketones is 2. The topological polar surface area (TPSA) is 51.2 Å². The molecule has 3 nitrogen and oxygen atoms in total. The van der Waals surface area contributed by atoms with Crippen molar-refractivity contribution in [2.75, 3.05) is 0 Å². The van der Waals surface area contributed by atoms with E-state index in [1.807, 2.05) is 0 Å². The molecule has 0 spiro atoms. The summed E-state index contributed by atoms with van der Waals surface area (Å²) in [6.07, 6.45) is -0.228. The summed E-state index contributed by atoms with van der Waals surface area (Å²) < 4.78 is 0. The average Bonchev–Trinajstić information content (AvgIpc) is 2.72. The maximum Gasteiger partial charge on any atom is 0.222 e. The molecule has 3 aromatic carbocycles. The van der Waals surface area contributed by atoms with Gasteiger partial charge in [0.2, 0.25) is 5.24 Å². The van der Waals surface area contributed by atoms with E-state index in [1.165, 1.54) is 0 Å². The van der Waals surface area contributed by atoms with Crippen LogP contribution in [-0.4, -0.2) is 16.8 Å². The van der Waals surface area contributed by atoms with Crippen LogP contribution < -0.4 is 0 Å². The first-order chi connectivity index (χ1) is 13.9. The van der Waals surface area contributed by atoms with E-state index in [9.17, 15) is 14.4 Å². The third-order valence-corrected chi connectivity index (χ3v) is 5.16. The summed E-state index contributed by atoms with van der Waals surface area (Å²) >= 11 is 17.4. The quantitative estimate of drug-likeness (QED) is 0.315. The zero-order valence-electron chi connectivity index (χ0n) is 15.1. The molecule has 6 heteroatoms. The Balaban J connectivity index is 2.06. The minimum absolute atomic E-state index is 0.228. The van der Waals surface area contributed by atoms with E-state index >= 15 is 0 Å². The fraction of sp³-hybridized carbons (Fsp3) is 0.0870. The fourth-order valence-electron chi connectivity index (χ4n) is 3.08. The molecule has 0 bridgehead atoms. The molecule has 3 aromatic rings. The maximum absolute atomic E-state index is 13.2. The van der Waals surface area contributed by atoms with Crippen LogP contribution in [0.2, 0.25) is 10.0 Å². The van der Waals surface area contributed by atoms with Gasteiger partial charge in [-0.1, -0.05) is 47.5 Å². The van der Waals surface area contributed by atoms with Gasteiger partial charge in [0.05, 0.1) is 5.92 Å². The maximum atomic E-state index is 13.2. The minimum atomic E-state index is -0.895. The lowest BCUT2D eigenvalue weighted by Gasteiger charge is -2.18. The lowest BCUT2D eigenvalue weighted by molar-refractivity contribution is -0.111. The largest absolute Gasteiger partial charge is 0.293 e. The highest BCUT2D eigenvalue weighted by molar-refractivity contribution is 6.63. The van der Waals surface area contributed by atoms with Crippen LogP contribution in [0.3, 0.4) is 0 Å². The Labute approximate surface area is 183 Å². The van der Waals surface area contributed by atoms with E-state index in [0.29, 0.717) is 32.3 Å². The molecular weight excluding hydrogens is 431 g/mol. The van der Waals surface area contributed by atoms with Gasteiger partial charge in [-0.25, -0.2) is 0 Å². The predicted molar refractivity (Wildman–Crippen MR) is 115 cm³/mol. The van der Waals surface area contributed by atoms with Gasteiger partial charge in [-0.2, -0.15) is 0 Å². The lowest BCUT2D eigenvalue weighted by Crippen LogP contribution is -2.19. The van der Waals surface area contributed by atoms with Gasteiger partial charge in [-0.05, 0) is 65.7 Å². The summed E-state index contributed by atoms with van der Waals surface area (Å²) in [7, 11) is 0. The van der Waals surface area contributed by atoms with Crippen LogP contribution >= 0.6 is 34.8 Å². The molecule has 0 heterocycles. The molecule has 29 heavy (non-hydrogen) atoms. The van der Waals surface area contributed by atoms with E-state index < -0.39 is 11.2 Å². The van der Waals surface area contributed by atoms with Gasteiger partial charge in [0.1, 0.15) is 0 Å². The van der Waals surface area contributed by atoms with Gasteiger partial charge in [-0.3, -0.25) is 14.4 Å². The smallest absolute Gasteiger partial charge is 0.222 e. The standard InChI is InChI=1S/C23H15Cl3O3/c24-16-9-5-14(6-10-16)22(28)19-4-2-1-3-18(19)20(13-21(26)27)23(29)15-7-11-17(25)12-8-15/h1-12,20H,13H2. The lowest BCUT2D eigenvalue weighted by atomic mass is 9.84. The number of hydrogen-bond donors (Lipinski definition) is 0. The van der Waals surface area contributed by atoms with Crippen molar-refractivity contribution < 1.29 is 14.4 Å². The summed E-state index contributed by atoms with van der Waals surface area (Å²) in [5, 5.41) is 0.342. The summed E-state index contributed by atoms with van der Waals surface area (Å²) in [5.41, 5.74) is 1.59. The first-order valence-electron chi connectivity index (χ1n) is 8.74. The second-order valence-electron chi connectivity index (χ2n) is 6.41. The number of hydrogen-bond acceptors (Lipinski definition) is 3. The molecule has 1 unspecified atom stereocenters. The van der Waals surface area contributed by atoms with E-state index in [-0.39, 0.29) is 18.0 Å². The van der Waals surface area contributed by atoms with E-state index in [2.05, 4.69) is 0 Å². The molecule has 3 rings (SSSR count). The van der Waals surface area contributed by atoms with Crippen LogP contribution in [0.15, 0.2) is 72.8 Å². The summed E-state index contributed by atoms with van der Waals surface area (Å²) in [6, 6.07) is 19.6. The monoisotopic (exact) mass is 444 g/mol. The average molecular weight is 446 g/mol. The Morgan fingerprint density at radius 1 is 0.724 bits per heavy atom. The number of rotatable bonds is 7. The first kappa shape index (κ1) is 21.3. The van der Waals surface area contributed by atoms with E-state index in [4.69, 9.17) is 34.8 Å². The van der Waals surface area contributed by atoms with Gasteiger partial charge >= 0.3 is 0 Å². The van der Waals surface area contributed by atoms with Gasteiger partial charge in [0.15, 0.2) is 11.6 Å². The van der Waals surface area contributed by atoms with Crippen molar-refractivity contribution in [3.63, 3.8) is 0 Å². The van der Waals surface area contributed by atoms with Crippen molar-refractivity contribution >= 4 is 51.6 Å². The molecular formula is C23H15Cl3O3. The van der Waals surface area contributed by atoms with Crippen LogP contribution in [0.5, 0.6) is 0 Å². The molecule has 0 aromatic heterocycles. The molecule has 0 aliphatic rings. The Morgan fingerprint density at radius 3 is 1.79 bits per heavy atom. The Hall–Kier alpha value is -2.46. The van der Waals surface area contributed by atoms with Crippen molar-refractivity contribution in [3.05, 3.63) is 105 Å². The van der Waals surface area contributed by atoms with E-state index in [1.54, 1.807) is 72.8 Å². The Morgan fingerprint density at radius 2 is 1.24 bits per heavy atom. The first-order valence-corrected chi connectivity index (χ1v) is 9.87. The summed E-state index contributed by atoms with van der Waals surface area (Å²) in [5.74, 6) is -1.48. The van der Waals surface area contributed by atoms with Crippen LogP contribution in [0.4, 0.5) is 0 Å². The molecule has 0 N–H and O–H groups in total. The van der Waals surface area contributed by atoms with Crippen molar-refractivity contribution in [2.24, 2.45) is 0 Å². The zero-order valence-corrected chi connectivity index (χ0v) is 17.3. The van der Waals surface area contributed by atoms with Crippen LogP contribution in [0.25, 0.3) is 0 Å². The Bertz CT molecular complexity index is 1060. The molecule has 0 aliphatic heterocycles. The molecule has 146 valence electrons. The number of halogens is 3. The highest BCUT2D eigenvalue weighted by atomic mass is 35.5. The van der Waals surface area contributed by atoms with Crippen molar-refractivity contribution in [3.8, 4) is 0 Å². The van der Waals surface area contributed by atoms with Gasteiger partial charge in [0, 0.05) is 33.2 Å². The zero-order chi connectivity index (χ0) is 21.0. The molecule has 0 saturated carbocycles. The van der Waals surface area contributed by atoms with Gasteiger partial charge in [0.25, 0.3) is 0 Å². The number of benzene rings is 3. The van der Waals surface area contributed by atoms with E-state index in [0.717, 1.165) is 0 Å². The summed E-state index contributed by atoms with van der Waals surface area (Å²) in [4.78, 5) is 37.9. The van der Waals surface area contributed by atoms with Crippen LogP contribution in [0.1, 0.15) is 44.2 Å². The van der Waals surface area contributed by atoms with Crippen molar-refractivity contribution in [1.29, 1.82) is 0 Å². The van der Waals surface area contributed by atoms with Gasteiger partial charge < -0.3 is 0 Å². The summed E-state index contributed by atoms with van der Waals surface area (Å²) in [6.45, 7) is 0. The highest BCUT2D eigenvalue weighted by Crippen LogP contribution is 2.30. The van der Waals surface area contributed by atoms with Crippen LogP contribution in [-0.2, 0) is 4.79 Å². The second-order valence-corrected chi connectivity index (χ2v) is 7.70. The van der Waals surface area contributed by atoms with Crippen molar-refractivity contribution in [2.45, 2.75) is 12.3 Å². The molecule has 0 amide bonds. The molecule has 0 aliphatic carbocycles. The predicted octanol–water partition coefficient (Wildman–Crippen LogP) is 6.35. The third-order valence-electron chi connectivity index (χ3n) is 4.50. The molecule has 0 fully saturated rings.